The minimum atomic E-state index is 0.0864. The fourth-order valence-electron chi connectivity index (χ4n) is 2.31. The Bertz CT molecular complexity index is 546. The van der Waals surface area contributed by atoms with Gasteiger partial charge in [0.15, 0.2) is 5.78 Å². The Kier molecular flexibility index (Phi) is 5.51. The predicted molar refractivity (Wildman–Crippen MR) is 81.0 cm³/mol. The predicted octanol–water partition coefficient (Wildman–Crippen LogP) is 3.62. The summed E-state index contributed by atoms with van der Waals surface area (Å²) in [4.78, 5) is 12.5. The number of aliphatic hydroxyl groups excluding tert-OH is 1. The van der Waals surface area contributed by atoms with Gasteiger partial charge in [0.25, 0.3) is 0 Å². The number of hydrogen-bond donors (Lipinski definition) is 1. The molecule has 2 aromatic carbocycles. The number of aryl methyl sites for hydroxylation is 1. The Balaban J connectivity index is 2.13. The van der Waals surface area contributed by atoms with Gasteiger partial charge >= 0.3 is 0 Å². The Morgan fingerprint density at radius 2 is 1.55 bits per heavy atom. The van der Waals surface area contributed by atoms with Gasteiger partial charge in [-0.1, -0.05) is 61.0 Å². The minimum absolute atomic E-state index is 0.0864. The molecule has 0 unspecified atom stereocenters. The van der Waals surface area contributed by atoms with E-state index in [1.54, 1.807) is 0 Å². The number of aliphatic hydroxyl groups is 1. The van der Waals surface area contributed by atoms with Crippen molar-refractivity contribution in [2.75, 3.05) is 6.61 Å². The molecular formula is C18H20O2. The van der Waals surface area contributed by atoms with Gasteiger partial charge in [0.1, 0.15) is 0 Å². The first-order valence-corrected chi connectivity index (χ1v) is 7.11. The van der Waals surface area contributed by atoms with Crippen LogP contribution in [-0.2, 0) is 6.42 Å². The van der Waals surface area contributed by atoms with Crippen molar-refractivity contribution in [3.63, 3.8) is 0 Å². The fourth-order valence-corrected chi connectivity index (χ4v) is 2.31. The van der Waals surface area contributed by atoms with E-state index in [9.17, 15) is 4.79 Å². The molecule has 2 heteroatoms. The Morgan fingerprint density at radius 3 is 2.30 bits per heavy atom. The molecule has 104 valence electrons. The van der Waals surface area contributed by atoms with E-state index in [4.69, 9.17) is 5.11 Å². The molecule has 0 heterocycles. The largest absolute Gasteiger partial charge is 0.396 e. The van der Waals surface area contributed by atoms with Crippen LogP contribution in [0.15, 0.2) is 54.6 Å². The standard InChI is InChI=1S/C18H20O2/c19-14-8-2-5-9-15-10-6-7-13-17(15)18(20)16-11-3-1-4-12-16/h1,3-4,6-7,10-13,19H,2,5,8-9,14H2. The number of benzene rings is 2. The maximum absolute atomic E-state index is 12.5. The maximum atomic E-state index is 12.5. The molecule has 2 nitrogen and oxygen atoms in total. The van der Waals surface area contributed by atoms with Gasteiger partial charge in [-0.3, -0.25) is 4.79 Å². The van der Waals surface area contributed by atoms with E-state index in [1.165, 1.54) is 0 Å². The number of carbonyl (C=O) groups excluding carboxylic acids is 1. The topological polar surface area (TPSA) is 37.3 Å². The molecule has 0 atom stereocenters. The summed E-state index contributed by atoms with van der Waals surface area (Å²) in [5.41, 5.74) is 2.62. The zero-order valence-electron chi connectivity index (χ0n) is 11.6. The maximum Gasteiger partial charge on any atom is 0.193 e. The van der Waals surface area contributed by atoms with Crippen molar-refractivity contribution >= 4 is 5.78 Å². The lowest BCUT2D eigenvalue weighted by molar-refractivity contribution is 0.103. The molecule has 0 aromatic heterocycles. The van der Waals surface area contributed by atoms with E-state index in [-0.39, 0.29) is 12.4 Å². The molecule has 0 aliphatic rings. The minimum Gasteiger partial charge on any atom is -0.396 e. The molecular weight excluding hydrogens is 248 g/mol. The van der Waals surface area contributed by atoms with Crippen LogP contribution in [-0.4, -0.2) is 17.5 Å². The average molecular weight is 268 g/mol. The van der Waals surface area contributed by atoms with E-state index in [2.05, 4.69) is 0 Å². The number of ketones is 1. The lowest BCUT2D eigenvalue weighted by Gasteiger charge is -2.08. The quantitative estimate of drug-likeness (QED) is 0.615. The highest BCUT2D eigenvalue weighted by Gasteiger charge is 2.12. The van der Waals surface area contributed by atoms with Crippen molar-refractivity contribution in [2.45, 2.75) is 25.7 Å². The van der Waals surface area contributed by atoms with Crippen LogP contribution < -0.4 is 0 Å². The van der Waals surface area contributed by atoms with Crippen LogP contribution in [0.5, 0.6) is 0 Å². The Morgan fingerprint density at radius 1 is 0.850 bits per heavy atom. The van der Waals surface area contributed by atoms with Gasteiger partial charge in [-0.2, -0.15) is 0 Å². The highest BCUT2D eigenvalue weighted by molar-refractivity contribution is 6.09. The molecule has 2 rings (SSSR count). The third-order valence-corrected chi connectivity index (χ3v) is 3.40. The summed E-state index contributed by atoms with van der Waals surface area (Å²) in [6.07, 6.45) is 3.70. The summed E-state index contributed by atoms with van der Waals surface area (Å²) in [5.74, 6) is 0.0864. The van der Waals surface area contributed by atoms with E-state index >= 15 is 0 Å². The number of hydrogen-bond acceptors (Lipinski definition) is 2. The van der Waals surface area contributed by atoms with Gasteiger partial charge in [-0.15, -0.1) is 0 Å². The molecule has 0 aliphatic carbocycles. The first-order chi connectivity index (χ1) is 9.83. The Hall–Kier alpha value is -1.93. The second-order valence-corrected chi connectivity index (χ2v) is 4.89. The highest BCUT2D eigenvalue weighted by Crippen LogP contribution is 2.17. The van der Waals surface area contributed by atoms with E-state index in [0.717, 1.165) is 42.4 Å². The van der Waals surface area contributed by atoms with E-state index in [1.807, 2.05) is 54.6 Å². The van der Waals surface area contributed by atoms with E-state index in [0.29, 0.717) is 0 Å². The lowest BCUT2D eigenvalue weighted by Crippen LogP contribution is -2.05. The summed E-state index contributed by atoms with van der Waals surface area (Å²) in [6, 6.07) is 17.2. The van der Waals surface area contributed by atoms with Crippen LogP contribution in [0.1, 0.15) is 40.7 Å². The Labute approximate surface area is 120 Å². The third kappa shape index (κ3) is 3.78. The normalized spacial score (nSPS) is 10.4. The summed E-state index contributed by atoms with van der Waals surface area (Å²) < 4.78 is 0. The van der Waals surface area contributed by atoms with Crippen LogP contribution in [0.2, 0.25) is 0 Å². The lowest BCUT2D eigenvalue weighted by atomic mass is 9.95. The molecule has 0 aliphatic heterocycles. The number of carbonyl (C=O) groups is 1. The molecule has 0 radical (unpaired) electrons. The first-order valence-electron chi connectivity index (χ1n) is 7.11. The molecule has 1 N–H and O–H groups in total. The average Bonchev–Trinajstić information content (AvgIpc) is 2.52. The van der Waals surface area contributed by atoms with Gasteiger partial charge in [-0.25, -0.2) is 0 Å². The zero-order valence-corrected chi connectivity index (χ0v) is 11.6. The van der Waals surface area contributed by atoms with Crippen LogP contribution in [0.4, 0.5) is 0 Å². The van der Waals surface area contributed by atoms with Gasteiger partial charge in [0.05, 0.1) is 0 Å². The van der Waals surface area contributed by atoms with Crippen LogP contribution >= 0.6 is 0 Å². The van der Waals surface area contributed by atoms with E-state index < -0.39 is 0 Å². The fraction of sp³-hybridized carbons (Fsp3) is 0.278. The molecule has 0 spiro atoms. The van der Waals surface area contributed by atoms with Gasteiger partial charge in [0, 0.05) is 17.7 Å². The van der Waals surface area contributed by atoms with Crippen molar-refractivity contribution in [1.82, 2.24) is 0 Å². The molecule has 0 saturated heterocycles. The van der Waals surface area contributed by atoms with Crippen molar-refractivity contribution in [3.05, 3.63) is 71.3 Å². The van der Waals surface area contributed by atoms with Crippen molar-refractivity contribution in [2.24, 2.45) is 0 Å². The van der Waals surface area contributed by atoms with Gasteiger partial charge in [-0.05, 0) is 24.8 Å². The first kappa shape index (κ1) is 14.5. The van der Waals surface area contributed by atoms with Crippen LogP contribution in [0.25, 0.3) is 0 Å². The smallest absolute Gasteiger partial charge is 0.193 e. The number of unbranched alkanes of at least 4 members (excludes halogenated alkanes) is 2. The molecule has 0 fully saturated rings. The highest BCUT2D eigenvalue weighted by atomic mass is 16.2. The van der Waals surface area contributed by atoms with Crippen molar-refractivity contribution in [3.8, 4) is 0 Å². The van der Waals surface area contributed by atoms with Crippen LogP contribution in [0.3, 0.4) is 0 Å². The summed E-state index contributed by atoms with van der Waals surface area (Å²) in [5, 5.41) is 8.80. The number of rotatable bonds is 7. The molecule has 2 aromatic rings. The third-order valence-electron chi connectivity index (χ3n) is 3.40. The van der Waals surface area contributed by atoms with Crippen molar-refractivity contribution in [1.29, 1.82) is 0 Å². The SMILES string of the molecule is O=C(c1ccccc1)c1ccccc1CCCCCO. The second kappa shape index (κ2) is 7.61. The summed E-state index contributed by atoms with van der Waals surface area (Å²) in [7, 11) is 0. The van der Waals surface area contributed by atoms with Crippen molar-refractivity contribution < 1.29 is 9.90 Å². The monoisotopic (exact) mass is 268 g/mol. The molecule has 0 amide bonds. The van der Waals surface area contributed by atoms with Gasteiger partial charge in [0.2, 0.25) is 0 Å². The molecule has 0 bridgehead atoms. The summed E-state index contributed by atoms with van der Waals surface area (Å²) in [6.45, 7) is 0.241. The molecule has 20 heavy (non-hydrogen) atoms. The van der Waals surface area contributed by atoms with Crippen LogP contribution in [0, 0.1) is 0 Å². The van der Waals surface area contributed by atoms with Gasteiger partial charge < -0.3 is 5.11 Å². The second-order valence-electron chi connectivity index (χ2n) is 4.89. The molecule has 0 saturated carbocycles. The summed E-state index contributed by atoms with van der Waals surface area (Å²) >= 11 is 0. The zero-order chi connectivity index (χ0) is 14.2.